The minimum absolute atomic E-state index is 0.0949. The summed E-state index contributed by atoms with van der Waals surface area (Å²) in [5, 5.41) is 4.78. The van der Waals surface area contributed by atoms with Crippen molar-refractivity contribution < 1.29 is 4.79 Å². The third-order valence-corrected chi connectivity index (χ3v) is 6.26. The maximum absolute atomic E-state index is 12.4. The van der Waals surface area contributed by atoms with Crippen LogP contribution < -0.4 is 5.32 Å². The van der Waals surface area contributed by atoms with Gasteiger partial charge in [0.2, 0.25) is 5.91 Å². The number of carbonyl (C=O) groups is 1. The molecule has 0 radical (unpaired) electrons. The van der Waals surface area contributed by atoms with Crippen molar-refractivity contribution in [2.24, 2.45) is 0 Å². The van der Waals surface area contributed by atoms with Crippen molar-refractivity contribution in [2.45, 2.75) is 39.7 Å². The molecule has 0 spiro atoms. The van der Waals surface area contributed by atoms with E-state index in [4.69, 9.17) is 23.2 Å². The lowest BCUT2D eigenvalue weighted by Crippen LogP contribution is -2.32. The molecule has 0 aliphatic carbocycles. The summed E-state index contributed by atoms with van der Waals surface area (Å²) in [7, 11) is 1.92. The van der Waals surface area contributed by atoms with Gasteiger partial charge in [-0.1, -0.05) is 43.1 Å². The maximum Gasteiger partial charge on any atom is 0.238 e. The molecule has 0 unspecified atom stereocenters. The Morgan fingerprint density at radius 2 is 1.88 bits per heavy atom. The molecule has 1 heterocycles. The van der Waals surface area contributed by atoms with Crippen LogP contribution in [0.3, 0.4) is 0 Å². The number of aromatic nitrogens is 1. The zero-order valence-corrected chi connectivity index (χ0v) is 17.4. The number of amides is 1. The van der Waals surface area contributed by atoms with Crippen LogP contribution in [0, 0.1) is 6.92 Å². The monoisotopic (exact) mass is 399 g/mol. The fraction of sp³-hybridized carbons (Fsp3) is 0.444. The second kappa shape index (κ2) is 8.49. The van der Waals surface area contributed by atoms with Gasteiger partial charge in [-0.15, -0.1) is 11.3 Å². The van der Waals surface area contributed by atoms with Crippen molar-refractivity contribution in [3.8, 4) is 0 Å². The van der Waals surface area contributed by atoms with Gasteiger partial charge in [0.05, 0.1) is 33.0 Å². The van der Waals surface area contributed by atoms with Crippen LogP contribution in [0.5, 0.6) is 0 Å². The van der Waals surface area contributed by atoms with E-state index in [-0.39, 0.29) is 18.5 Å². The van der Waals surface area contributed by atoms with E-state index in [2.05, 4.69) is 31.1 Å². The normalized spacial score (nSPS) is 12.7. The summed E-state index contributed by atoms with van der Waals surface area (Å²) in [5.41, 5.74) is 1.48. The molecule has 4 nitrogen and oxygen atoms in total. The number of nitrogens with zero attached hydrogens (tertiary/aromatic N) is 2. The number of thiazole rings is 1. The standard InChI is InChI=1S/C18H23Cl2N3OS/c1-10(2)18-21-11(3)17(25-18)12(4)23(5)9-15(24)22-16-13(19)7-6-8-14(16)20/h6-8,10,12H,9H2,1-5H3,(H,22,24)/t12-/m0/s1. The van der Waals surface area contributed by atoms with Crippen molar-refractivity contribution >= 4 is 46.1 Å². The molecule has 7 heteroatoms. The van der Waals surface area contributed by atoms with E-state index in [0.29, 0.717) is 21.7 Å². The number of benzene rings is 1. The van der Waals surface area contributed by atoms with E-state index in [1.165, 1.54) is 4.88 Å². The molecule has 0 bridgehead atoms. The molecule has 1 atom stereocenters. The lowest BCUT2D eigenvalue weighted by Gasteiger charge is -2.23. The molecule has 0 aliphatic rings. The molecule has 0 saturated heterocycles. The molecule has 1 N–H and O–H groups in total. The third kappa shape index (κ3) is 4.94. The summed E-state index contributed by atoms with van der Waals surface area (Å²) in [6.45, 7) is 8.61. The third-order valence-electron chi connectivity index (χ3n) is 4.00. The molecule has 0 saturated carbocycles. The van der Waals surface area contributed by atoms with Crippen molar-refractivity contribution in [1.29, 1.82) is 0 Å². The molecular formula is C18H23Cl2N3OS. The van der Waals surface area contributed by atoms with Crippen LogP contribution >= 0.6 is 34.5 Å². The molecule has 2 rings (SSSR count). The fourth-order valence-corrected chi connectivity index (χ4v) is 4.10. The van der Waals surface area contributed by atoms with Crippen LogP contribution in [0.1, 0.15) is 48.3 Å². The van der Waals surface area contributed by atoms with E-state index in [9.17, 15) is 4.79 Å². The first-order valence-electron chi connectivity index (χ1n) is 8.12. The number of rotatable bonds is 6. The summed E-state index contributed by atoms with van der Waals surface area (Å²) in [4.78, 5) is 20.2. The zero-order valence-electron chi connectivity index (χ0n) is 15.1. The Labute approximate surface area is 163 Å². The highest BCUT2D eigenvalue weighted by Crippen LogP contribution is 2.32. The molecule has 1 aromatic carbocycles. The quantitative estimate of drug-likeness (QED) is 0.695. The molecular weight excluding hydrogens is 377 g/mol. The second-order valence-corrected chi connectivity index (χ2v) is 8.27. The van der Waals surface area contributed by atoms with Crippen molar-refractivity contribution in [3.63, 3.8) is 0 Å². The van der Waals surface area contributed by atoms with Crippen molar-refractivity contribution in [1.82, 2.24) is 9.88 Å². The molecule has 1 aromatic heterocycles. The van der Waals surface area contributed by atoms with Crippen LogP contribution in [0.2, 0.25) is 10.0 Å². The highest BCUT2D eigenvalue weighted by atomic mass is 35.5. The van der Waals surface area contributed by atoms with Crippen LogP contribution in [0.25, 0.3) is 0 Å². The van der Waals surface area contributed by atoms with Gasteiger partial charge in [-0.2, -0.15) is 0 Å². The van der Waals surface area contributed by atoms with E-state index < -0.39 is 0 Å². The lowest BCUT2D eigenvalue weighted by molar-refractivity contribution is -0.117. The maximum atomic E-state index is 12.4. The molecule has 25 heavy (non-hydrogen) atoms. The van der Waals surface area contributed by atoms with Crippen molar-refractivity contribution in [3.05, 3.63) is 43.8 Å². The summed E-state index contributed by atoms with van der Waals surface area (Å²) in [5.74, 6) is 0.247. The number of nitrogens with one attached hydrogen (secondary N) is 1. The Morgan fingerprint density at radius 1 is 1.28 bits per heavy atom. The van der Waals surface area contributed by atoms with Gasteiger partial charge in [-0.3, -0.25) is 9.69 Å². The molecule has 0 aliphatic heterocycles. The van der Waals surface area contributed by atoms with Gasteiger partial charge in [-0.25, -0.2) is 4.98 Å². The number of para-hydroxylation sites is 1. The van der Waals surface area contributed by atoms with Crippen LogP contribution in [0.4, 0.5) is 5.69 Å². The number of hydrogen-bond donors (Lipinski definition) is 1. The largest absolute Gasteiger partial charge is 0.322 e. The highest BCUT2D eigenvalue weighted by molar-refractivity contribution is 7.11. The number of anilines is 1. The SMILES string of the molecule is Cc1nc(C(C)C)sc1[C@H](C)N(C)CC(=O)Nc1c(Cl)cccc1Cl. The molecule has 2 aromatic rings. The van der Waals surface area contributed by atoms with Crippen LogP contribution in [0.15, 0.2) is 18.2 Å². The first-order chi connectivity index (χ1) is 11.7. The Kier molecular flexibility index (Phi) is 6.86. The summed E-state index contributed by atoms with van der Waals surface area (Å²) in [6.07, 6.45) is 0. The van der Waals surface area contributed by atoms with Crippen LogP contribution in [-0.4, -0.2) is 29.4 Å². The molecule has 0 fully saturated rings. The number of halogens is 2. The molecule has 136 valence electrons. The van der Waals surface area contributed by atoms with Crippen molar-refractivity contribution in [2.75, 3.05) is 18.9 Å². The van der Waals surface area contributed by atoms with Gasteiger partial charge in [-0.05, 0) is 33.0 Å². The Hall–Kier alpha value is -1.14. The van der Waals surface area contributed by atoms with Gasteiger partial charge in [0.1, 0.15) is 0 Å². The summed E-state index contributed by atoms with van der Waals surface area (Å²) in [6, 6.07) is 5.23. The Bertz CT molecular complexity index is 741. The number of likely N-dealkylation sites (N-methyl/N-ethyl adjacent to an activating group) is 1. The highest BCUT2D eigenvalue weighted by Gasteiger charge is 2.21. The number of carbonyl (C=O) groups excluding carboxylic acids is 1. The van der Waals surface area contributed by atoms with Gasteiger partial charge in [0, 0.05) is 16.8 Å². The molecule has 1 amide bonds. The predicted octanol–water partition coefficient (Wildman–Crippen LogP) is 5.51. The van der Waals surface area contributed by atoms with E-state index in [1.807, 2.05) is 18.9 Å². The smallest absolute Gasteiger partial charge is 0.238 e. The topological polar surface area (TPSA) is 45.2 Å². The average Bonchev–Trinajstić information content (AvgIpc) is 2.92. The van der Waals surface area contributed by atoms with Gasteiger partial charge < -0.3 is 5.32 Å². The van der Waals surface area contributed by atoms with E-state index >= 15 is 0 Å². The van der Waals surface area contributed by atoms with E-state index in [0.717, 1.165) is 10.7 Å². The second-order valence-electron chi connectivity index (χ2n) is 6.39. The van der Waals surface area contributed by atoms with Gasteiger partial charge in [0.25, 0.3) is 0 Å². The lowest BCUT2D eigenvalue weighted by atomic mass is 10.2. The Balaban J connectivity index is 2.06. The minimum Gasteiger partial charge on any atom is -0.322 e. The zero-order chi connectivity index (χ0) is 18.7. The summed E-state index contributed by atoms with van der Waals surface area (Å²) >= 11 is 13.9. The average molecular weight is 400 g/mol. The first kappa shape index (κ1) is 20.2. The minimum atomic E-state index is -0.157. The fourth-order valence-electron chi connectivity index (χ4n) is 2.42. The van der Waals surface area contributed by atoms with E-state index in [1.54, 1.807) is 29.5 Å². The number of hydrogen-bond acceptors (Lipinski definition) is 4. The summed E-state index contributed by atoms with van der Waals surface area (Å²) < 4.78 is 0. The Morgan fingerprint density at radius 3 is 2.40 bits per heavy atom. The first-order valence-corrected chi connectivity index (χ1v) is 9.69. The van der Waals surface area contributed by atoms with Crippen LogP contribution in [-0.2, 0) is 4.79 Å². The number of aryl methyl sites for hydroxylation is 1. The van der Waals surface area contributed by atoms with Gasteiger partial charge >= 0.3 is 0 Å². The predicted molar refractivity (Wildman–Crippen MR) is 107 cm³/mol. The van der Waals surface area contributed by atoms with Gasteiger partial charge in [0.15, 0.2) is 0 Å².